The summed E-state index contributed by atoms with van der Waals surface area (Å²) < 4.78 is 4.54. The zero-order valence-corrected chi connectivity index (χ0v) is 9.55. The first-order valence-electron chi connectivity index (χ1n) is 4.79. The van der Waals surface area contributed by atoms with Crippen molar-refractivity contribution in [1.82, 2.24) is 4.90 Å². The van der Waals surface area contributed by atoms with Gasteiger partial charge >= 0.3 is 0 Å². The van der Waals surface area contributed by atoms with Crippen LogP contribution in [0.1, 0.15) is 34.1 Å². The smallest absolute Gasteiger partial charge is 0.0433 e. The molecule has 2 nitrogen and oxygen atoms in total. The molecule has 0 bridgehead atoms. The molecule has 0 radical (unpaired) electrons. The van der Waals surface area contributed by atoms with Crippen LogP contribution >= 0.6 is 0 Å². The van der Waals surface area contributed by atoms with Crippen LogP contribution in [0.5, 0.6) is 0 Å². The molecule has 0 amide bonds. The molecule has 76 valence electrons. The molecular weight excluding hydrogens is 150 g/mol. The Kier molecular flexibility index (Phi) is 13.1. The van der Waals surface area contributed by atoms with Crippen LogP contribution in [-0.4, -0.2) is 38.3 Å². The van der Waals surface area contributed by atoms with Gasteiger partial charge in [0.15, 0.2) is 0 Å². The Morgan fingerprint density at radius 2 is 1.67 bits per heavy atom. The second-order valence-corrected chi connectivity index (χ2v) is 3.15. The Morgan fingerprint density at radius 3 is 1.75 bits per heavy atom. The number of nitrogens with zero attached hydrogens (tertiary/aromatic N) is 1. The van der Waals surface area contributed by atoms with Crippen LogP contribution in [0.15, 0.2) is 0 Å². The highest BCUT2D eigenvalue weighted by atomic mass is 16.5. The lowest BCUT2D eigenvalue weighted by Crippen LogP contribution is -2.26. The predicted molar refractivity (Wildman–Crippen MR) is 55.6 cm³/mol. The van der Waals surface area contributed by atoms with Crippen molar-refractivity contribution in [2.75, 3.05) is 27.3 Å². The molecule has 0 aliphatic rings. The number of methoxy groups -OCH3 is 1. The minimum atomic E-state index is 0.704. The van der Waals surface area contributed by atoms with E-state index in [4.69, 9.17) is 0 Å². The first-order valence-corrected chi connectivity index (χ1v) is 4.79. The van der Waals surface area contributed by atoms with Crippen LogP contribution in [0.25, 0.3) is 0 Å². The van der Waals surface area contributed by atoms with E-state index in [1.807, 2.05) is 6.92 Å². The molecule has 0 aromatic rings. The van der Waals surface area contributed by atoms with Crippen molar-refractivity contribution in [2.24, 2.45) is 0 Å². The summed E-state index contributed by atoms with van der Waals surface area (Å²) in [6, 6.07) is 0.704. The van der Waals surface area contributed by atoms with Gasteiger partial charge in [-0.25, -0.2) is 0 Å². The van der Waals surface area contributed by atoms with Gasteiger partial charge in [0.05, 0.1) is 0 Å². The van der Waals surface area contributed by atoms with Gasteiger partial charge in [0.2, 0.25) is 0 Å². The maximum atomic E-state index is 4.54. The average Bonchev–Trinajstić information content (AvgIpc) is 2.05. The lowest BCUT2D eigenvalue weighted by atomic mass is 10.3. The van der Waals surface area contributed by atoms with Crippen molar-refractivity contribution in [1.29, 1.82) is 0 Å². The third kappa shape index (κ3) is 12.6. The van der Waals surface area contributed by atoms with Crippen LogP contribution in [0.3, 0.4) is 0 Å². The summed E-state index contributed by atoms with van der Waals surface area (Å²) in [5, 5.41) is 0. The molecule has 0 aliphatic heterocycles. The van der Waals surface area contributed by atoms with Gasteiger partial charge in [0.1, 0.15) is 0 Å². The monoisotopic (exact) mass is 175 g/mol. The van der Waals surface area contributed by atoms with Gasteiger partial charge in [-0.2, -0.15) is 0 Å². The van der Waals surface area contributed by atoms with E-state index < -0.39 is 0 Å². The normalized spacial score (nSPS) is 10.0. The summed E-state index contributed by atoms with van der Waals surface area (Å²) >= 11 is 0. The van der Waals surface area contributed by atoms with Gasteiger partial charge in [0.25, 0.3) is 0 Å². The Hall–Kier alpha value is -0.0800. The number of rotatable bonds is 4. The van der Waals surface area contributed by atoms with Crippen LogP contribution in [-0.2, 0) is 4.74 Å². The highest BCUT2D eigenvalue weighted by molar-refractivity contribution is 4.53. The maximum Gasteiger partial charge on any atom is 0.0433 e. The molecule has 0 aromatic heterocycles. The van der Waals surface area contributed by atoms with Crippen molar-refractivity contribution in [3.63, 3.8) is 0 Å². The lowest BCUT2D eigenvalue weighted by Gasteiger charge is -2.19. The van der Waals surface area contributed by atoms with Crippen LogP contribution in [0.2, 0.25) is 0 Å². The molecule has 0 saturated heterocycles. The van der Waals surface area contributed by atoms with Crippen molar-refractivity contribution >= 4 is 0 Å². The second-order valence-electron chi connectivity index (χ2n) is 3.15. The van der Waals surface area contributed by atoms with Gasteiger partial charge in [-0.15, -0.1) is 0 Å². The SMILES string of the molecule is CCCN(C)C(C)C.CCOC. The summed E-state index contributed by atoms with van der Waals surface area (Å²) in [7, 11) is 3.84. The summed E-state index contributed by atoms with van der Waals surface area (Å²) in [5.41, 5.74) is 0. The molecule has 2 heteroatoms. The van der Waals surface area contributed by atoms with Gasteiger partial charge in [-0.3, -0.25) is 0 Å². The zero-order valence-electron chi connectivity index (χ0n) is 9.55. The third-order valence-electron chi connectivity index (χ3n) is 1.75. The molecule has 0 aromatic carbocycles. The van der Waals surface area contributed by atoms with Gasteiger partial charge < -0.3 is 9.64 Å². The highest BCUT2D eigenvalue weighted by Gasteiger charge is 1.98. The van der Waals surface area contributed by atoms with Crippen LogP contribution in [0, 0.1) is 0 Å². The highest BCUT2D eigenvalue weighted by Crippen LogP contribution is 1.93. The number of ether oxygens (including phenoxy) is 1. The molecule has 0 fully saturated rings. The Morgan fingerprint density at radius 1 is 1.25 bits per heavy atom. The minimum absolute atomic E-state index is 0.704. The largest absolute Gasteiger partial charge is 0.385 e. The van der Waals surface area contributed by atoms with Crippen LogP contribution in [0.4, 0.5) is 0 Å². The van der Waals surface area contributed by atoms with E-state index in [2.05, 4.69) is 37.5 Å². The molecular formula is C10H25NO. The predicted octanol–water partition coefficient (Wildman–Crippen LogP) is 2.39. The van der Waals surface area contributed by atoms with Crippen molar-refractivity contribution in [3.05, 3.63) is 0 Å². The van der Waals surface area contributed by atoms with E-state index >= 15 is 0 Å². The molecule has 0 saturated carbocycles. The van der Waals surface area contributed by atoms with Gasteiger partial charge in [-0.05, 0) is 40.8 Å². The first-order chi connectivity index (χ1) is 5.59. The van der Waals surface area contributed by atoms with E-state index in [1.54, 1.807) is 7.11 Å². The Labute approximate surface area is 77.9 Å². The maximum absolute atomic E-state index is 4.54. The fourth-order valence-electron chi connectivity index (χ4n) is 0.611. The van der Waals surface area contributed by atoms with Gasteiger partial charge in [0, 0.05) is 19.8 Å². The Bertz CT molecular complexity index is 72.2. The lowest BCUT2D eigenvalue weighted by molar-refractivity contribution is 0.215. The third-order valence-corrected chi connectivity index (χ3v) is 1.75. The summed E-state index contributed by atoms with van der Waals surface area (Å²) in [5.74, 6) is 0. The van der Waals surface area contributed by atoms with Gasteiger partial charge in [-0.1, -0.05) is 6.92 Å². The van der Waals surface area contributed by atoms with E-state index in [-0.39, 0.29) is 0 Å². The van der Waals surface area contributed by atoms with Crippen LogP contribution < -0.4 is 0 Å². The molecule has 0 spiro atoms. The molecule has 0 aliphatic carbocycles. The number of hydrogen-bond donors (Lipinski definition) is 0. The van der Waals surface area contributed by atoms with Crippen molar-refractivity contribution in [2.45, 2.75) is 40.2 Å². The van der Waals surface area contributed by atoms with E-state index in [0.29, 0.717) is 6.04 Å². The summed E-state index contributed by atoms with van der Waals surface area (Å²) in [6.45, 7) is 10.6. The topological polar surface area (TPSA) is 12.5 Å². The quantitative estimate of drug-likeness (QED) is 0.650. The van der Waals surface area contributed by atoms with Crippen molar-refractivity contribution < 1.29 is 4.74 Å². The second kappa shape index (κ2) is 10.9. The molecule has 0 unspecified atom stereocenters. The van der Waals surface area contributed by atoms with E-state index in [1.165, 1.54) is 13.0 Å². The molecule has 12 heavy (non-hydrogen) atoms. The first kappa shape index (κ1) is 14.4. The minimum Gasteiger partial charge on any atom is -0.385 e. The Balaban J connectivity index is 0. The zero-order chi connectivity index (χ0) is 9.98. The average molecular weight is 175 g/mol. The standard InChI is InChI=1S/C7H17N.C3H8O/c1-5-6-8(4)7(2)3;1-3-4-2/h7H,5-6H2,1-4H3;3H2,1-2H3. The fraction of sp³-hybridized carbons (Fsp3) is 1.00. The van der Waals surface area contributed by atoms with E-state index in [9.17, 15) is 0 Å². The summed E-state index contributed by atoms with van der Waals surface area (Å²) in [6.07, 6.45) is 1.26. The molecule has 0 rings (SSSR count). The summed E-state index contributed by atoms with van der Waals surface area (Å²) in [4.78, 5) is 2.35. The molecule has 0 heterocycles. The van der Waals surface area contributed by atoms with Crippen molar-refractivity contribution in [3.8, 4) is 0 Å². The molecule has 0 N–H and O–H groups in total. The number of hydrogen-bond acceptors (Lipinski definition) is 2. The fourth-order valence-corrected chi connectivity index (χ4v) is 0.611. The molecule has 0 atom stereocenters. The van der Waals surface area contributed by atoms with E-state index in [0.717, 1.165) is 6.61 Å².